The zero-order valence-electron chi connectivity index (χ0n) is 10.5. The van der Waals surface area contributed by atoms with E-state index >= 15 is 0 Å². The molecule has 0 amide bonds. The van der Waals surface area contributed by atoms with Crippen LogP contribution in [-0.2, 0) is 20.7 Å². The summed E-state index contributed by atoms with van der Waals surface area (Å²) in [7, 11) is 0. The Kier molecular flexibility index (Phi) is 3.93. The number of benzene rings is 1. The van der Waals surface area contributed by atoms with Crippen molar-refractivity contribution in [1.82, 2.24) is 0 Å². The smallest absolute Gasteiger partial charge is 0.313 e. The van der Waals surface area contributed by atoms with E-state index in [2.05, 4.69) is 0 Å². The first-order chi connectivity index (χ1) is 9.02. The van der Waals surface area contributed by atoms with Crippen LogP contribution >= 0.6 is 0 Å². The number of halogens is 2. The number of carbonyl (C=O) groups is 2. The monoisotopic (exact) mass is 268 g/mol. The van der Waals surface area contributed by atoms with Gasteiger partial charge < -0.3 is 4.74 Å². The summed E-state index contributed by atoms with van der Waals surface area (Å²) in [6.07, 6.45) is 0.680. The standard InChI is InChI=1S/C14H14F2O3/c1-2-19-14(18)7-13(17)9-4-3-8-5-11(15)12(16)6-10(8)9/h5-6,9H,2-4,7H2,1H3. The van der Waals surface area contributed by atoms with E-state index in [1.54, 1.807) is 6.92 Å². The van der Waals surface area contributed by atoms with Crippen LogP contribution in [0.2, 0.25) is 0 Å². The summed E-state index contributed by atoms with van der Waals surface area (Å²) in [6, 6.07) is 2.19. The summed E-state index contributed by atoms with van der Waals surface area (Å²) < 4.78 is 31.0. The number of rotatable bonds is 4. The van der Waals surface area contributed by atoms with Gasteiger partial charge in [0.05, 0.1) is 6.61 Å². The molecule has 0 fully saturated rings. The van der Waals surface area contributed by atoms with Gasteiger partial charge in [-0.1, -0.05) is 0 Å². The molecule has 5 heteroatoms. The Morgan fingerprint density at radius 3 is 2.68 bits per heavy atom. The summed E-state index contributed by atoms with van der Waals surface area (Å²) in [5.41, 5.74) is 1.13. The quantitative estimate of drug-likeness (QED) is 0.622. The molecule has 1 aromatic rings. The van der Waals surface area contributed by atoms with E-state index in [4.69, 9.17) is 4.74 Å². The van der Waals surface area contributed by atoms with Crippen LogP contribution in [0.4, 0.5) is 8.78 Å². The summed E-state index contributed by atoms with van der Waals surface area (Å²) in [4.78, 5) is 23.2. The molecule has 2 rings (SSSR count). The van der Waals surface area contributed by atoms with E-state index in [-0.39, 0.29) is 18.8 Å². The normalized spacial score (nSPS) is 17.1. The van der Waals surface area contributed by atoms with Gasteiger partial charge in [0.25, 0.3) is 0 Å². The van der Waals surface area contributed by atoms with E-state index in [9.17, 15) is 18.4 Å². The lowest BCUT2D eigenvalue weighted by molar-refractivity contribution is -0.145. The van der Waals surface area contributed by atoms with Crippen LogP contribution in [-0.4, -0.2) is 18.4 Å². The summed E-state index contributed by atoms with van der Waals surface area (Å²) in [6.45, 7) is 1.87. The number of hydrogen-bond acceptors (Lipinski definition) is 3. The molecule has 0 spiro atoms. The predicted molar refractivity (Wildman–Crippen MR) is 63.7 cm³/mol. The number of esters is 1. The SMILES string of the molecule is CCOC(=O)CC(=O)C1CCc2cc(F)c(F)cc21. The zero-order valence-corrected chi connectivity index (χ0v) is 10.5. The maximum atomic E-state index is 13.2. The molecule has 1 aliphatic rings. The van der Waals surface area contributed by atoms with E-state index in [0.717, 1.165) is 12.1 Å². The highest BCUT2D eigenvalue weighted by molar-refractivity contribution is 5.99. The minimum absolute atomic E-state index is 0.215. The fourth-order valence-electron chi connectivity index (χ4n) is 2.41. The third-order valence-electron chi connectivity index (χ3n) is 3.27. The maximum absolute atomic E-state index is 13.2. The first-order valence-electron chi connectivity index (χ1n) is 6.19. The first-order valence-corrected chi connectivity index (χ1v) is 6.19. The Bertz CT molecular complexity index is 526. The van der Waals surface area contributed by atoms with Gasteiger partial charge in [0.2, 0.25) is 0 Å². The fourth-order valence-corrected chi connectivity index (χ4v) is 2.41. The Morgan fingerprint density at radius 1 is 1.32 bits per heavy atom. The van der Waals surface area contributed by atoms with Gasteiger partial charge in [0.1, 0.15) is 6.42 Å². The van der Waals surface area contributed by atoms with E-state index < -0.39 is 23.5 Å². The molecule has 1 atom stereocenters. The predicted octanol–water partition coefficient (Wildman–Crippen LogP) is 2.52. The molecular weight excluding hydrogens is 254 g/mol. The molecule has 0 aliphatic heterocycles. The van der Waals surface area contributed by atoms with Crippen molar-refractivity contribution in [2.45, 2.75) is 32.1 Å². The highest BCUT2D eigenvalue weighted by atomic mass is 19.2. The summed E-state index contributed by atoms with van der Waals surface area (Å²) in [5, 5.41) is 0. The summed E-state index contributed by atoms with van der Waals surface area (Å²) in [5.74, 6) is -3.28. The molecule has 1 aromatic carbocycles. The Labute approximate surface area is 109 Å². The highest BCUT2D eigenvalue weighted by Gasteiger charge is 2.31. The zero-order chi connectivity index (χ0) is 14.0. The van der Waals surface area contributed by atoms with Gasteiger partial charge in [0.15, 0.2) is 17.4 Å². The largest absolute Gasteiger partial charge is 0.466 e. The number of aryl methyl sites for hydroxylation is 1. The molecular formula is C14H14F2O3. The molecule has 102 valence electrons. The number of ketones is 1. The molecule has 0 radical (unpaired) electrons. The Hall–Kier alpha value is -1.78. The van der Waals surface area contributed by atoms with Crippen molar-refractivity contribution >= 4 is 11.8 Å². The second-order valence-electron chi connectivity index (χ2n) is 4.50. The Balaban J connectivity index is 2.16. The minimum atomic E-state index is -0.963. The lowest BCUT2D eigenvalue weighted by Gasteiger charge is -2.10. The second kappa shape index (κ2) is 5.47. The summed E-state index contributed by atoms with van der Waals surface area (Å²) >= 11 is 0. The maximum Gasteiger partial charge on any atom is 0.313 e. The second-order valence-corrected chi connectivity index (χ2v) is 4.50. The van der Waals surface area contributed by atoms with Gasteiger partial charge >= 0.3 is 5.97 Å². The van der Waals surface area contributed by atoms with E-state index in [0.29, 0.717) is 24.0 Å². The van der Waals surface area contributed by atoms with Crippen LogP contribution < -0.4 is 0 Å². The van der Waals surface area contributed by atoms with Gasteiger partial charge in [-0.15, -0.1) is 0 Å². The van der Waals surface area contributed by atoms with Gasteiger partial charge in [-0.3, -0.25) is 9.59 Å². The van der Waals surface area contributed by atoms with Crippen molar-refractivity contribution in [3.8, 4) is 0 Å². The van der Waals surface area contributed by atoms with Gasteiger partial charge in [-0.05, 0) is 43.0 Å². The van der Waals surface area contributed by atoms with Crippen LogP contribution in [0.3, 0.4) is 0 Å². The number of hydrogen-bond donors (Lipinski definition) is 0. The van der Waals surface area contributed by atoms with E-state index in [1.165, 1.54) is 0 Å². The topological polar surface area (TPSA) is 43.4 Å². The number of fused-ring (bicyclic) bond motifs is 1. The fraction of sp³-hybridized carbons (Fsp3) is 0.429. The molecule has 0 saturated carbocycles. The third kappa shape index (κ3) is 2.80. The van der Waals surface area contributed by atoms with Crippen molar-refractivity contribution in [2.24, 2.45) is 0 Å². The van der Waals surface area contributed by atoms with Gasteiger partial charge in [-0.2, -0.15) is 0 Å². The molecule has 0 bridgehead atoms. The minimum Gasteiger partial charge on any atom is -0.466 e. The van der Waals surface area contributed by atoms with E-state index in [1.807, 2.05) is 0 Å². The molecule has 3 nitrogen and oxygen atoms in total. The lowest BCUT2D eigenvalue weighted by atomic mass is 9.95. The number of carbonyl (C=O) groups excluding carboxylic acids is 2. The highest BCUT2D eigenvalue weighted by Crippen LogP contribution is 2.35. The molecule has 19 heavy (non-hydrogen) atoms. The van der Waals surface area contributed by atoms with Crippen LogP contribution in [0, 0.1) is 11.6 Å². The van der Waals surface area contributed by atoms with Gasteiger partial charge in [-0.25, -0.2) is 8.78 Å². The van der Waals surface area contributed by atoms with Crippen molar-refractivity contribution in [2.75, 3.05) is 6.61 Å². The average molecular weight is 268 g/mol. The molecule has 0 N–H and O–H groups in total. The lowest BCUT2D eigenvalue weighted by Crippen LogP contribution is -2.16. The third-order valence-corrected chi connectivity index (χ3v) is 3.27. The first kappa shape index (κ1) is 13.6. The van der Waals surface area contributed by atoms with Crippen LogP contribution in [0.25, 0.3) is 0 Å². The van der Waals surface area contributed by atoms with Crippen LogP contribution in [0.1, 0.15) is 36.8 Å². The average Bonchev–Trinajstić information content (AvgIpc) is 2.73. The van der Waals surface area contributed by atoms with Crippen molar-refractivity contribution in [3.05, 3.63) is 34.9 Å². The number of Topliss-reactive ketones (excluding diaryl/α,β-unsaturated/α-hetero) is 1. The molecule has 1 aliphatic carbocycles. The van der Waals surface area contributed by atoms with Crippen molar-refractivity contribution < 1.29 is 23.1 Å². The molecule has 0 aromatic heterocycles. The van der Waals surface area contributed by atoms with Crippen molar-refractivity contribution in [1.29, 1.82) is 0 Å². The van der Waals surface area contributed by atoms with Crippen LogP contribution in [0.15, 0.2) is 12.1 Å². The van der Waals surface area contributed by atoms with Crippen molar-refractivity contribution in [3.63, 3.8) is 0 Å². The van der Waals surface area contributed by atoms with Crippen LogP contribution in [0.5, 0.6) is 0 Å². The molecule has 1 unspecified atom stereocenters. The number of ether oxygens (including phenoxy) is 1. The Morgan fingerprint density at radius 2 is 2.00 bits per heavy atom. The molecule has 0 saturated heterocycles. The van der Waals surface area contributed by atoms with Gasteiger partial charge in [0, 0.05) is 5.92 Å². The molecule has 0 heterocycles.